The van der Waals surface area contributed by atoms with Crippen molar-refractivity contribution in [1.82, 2.24) is 10.2 Å². The second-order valence-electron chi connectivity index (χ2n) is 13.9. The Labute approximate surface area is 228 Å². The highest BCUT2D eigenvalue weighted by molar-refractivity contribution is 5.94. The molecule has 5 aliphatic rings. The summed E-state index contributed by atoms with van der Waals surface area (Å²) in [6.07, 6.45) is 5.90. The molecule has 12 atom stereocenters. The number of amides is 2. The molecule has 212 valence electrons. The van der Waals surface area contributed by atoms with E-state index in [0.29, 0.717) is 18.9 Å². The minimum absolute atomic E-state index is 0.0121. The molecule has 4 bridgehead atoms. The molecule has 5 fully saturated rings. The third-order valence-corrected chi connectivity index (χ3v) is 12.6. The molecule has 2 heterocycles. The van der Waals surface area contributed by atoms with Crippen molar-refractivity contribution in [2.24, 2.45) is 51.8 Å². The third-order valence-electron chi connectivity index (χ3n) is 12.6. The van der Waals surface area contributed by atoms with Gasteiger partial charge in [0.2, 0.25) is 5.91 Å². The van der Waals surface area contributed by atoms with E-state index in [1.54, 1.807) is 7.11 Å². The van der Waals surface area contributed by atoms with Crippen LogP contribution in [0.4, 0.5) is 4.79 Å². The number of ketones is 1. The van der Waals surface area contributed by atoms with Gasteiger partial charge < -0.3 is 14.4 Å². The number of rotatable bonds is 5. The molecule has 0 aromatic carbocycles. The first-order chi connectivity index (χ1) is 17.9. The Balaban J connectivity index is 1.51. The van der Waals surface area contributed by atoms with Crippen molar-refractivity contribution < 1.29 is 23.9 Å². The lowest BCUT2D eigenvalue weighted by Crippen LogP contribution is -2.64. The number of hydrogen-bond donors (Lipinski definition) is 1. The van der Waals surface area contributed by atoms with Gasteiger partial charge in [-0.2, -0.15) is 0 Å². The molecule has 0 aromatic heterocycles. The average molecular weight is 529 g/mol. The number of carbonyl (C=O) groups excluding carboxylic acids is 3. The minimum Gasteiger partial charge on any atom is -0.445 e. The zero-order valence-electron chi connectivity index (χ0n) is 24.3. The summed E-state index contributed by atoms with van der Waals surface area (Å²) in [6, 6.07) is 0. The lowest BCUT2D eigenvalue weighted by Gasteiger charge is -2.62. The summed E-state index contributed by atoms with van der Waals surface area (Å²) >= 11 is 0. The van der Waals surface area contributed by atoms with Gasteiger partial charge in [-0.1, -0.05) is 40.7 Å². The fraction of sp³-hybridized carbons (Fsp3) is 0.839. The SMILES string of the molecule is C=CC(C)[C@]1(C)C[C@@H](OC(=O)NC(=O)[C@H]2CN3CC[C@@H]2C3)[C@@]2(C)C3[C@H](OC)CCC3(CC[C@H]2C)[C@@H](C)C1=O. The molecule has 2 saturated heterocycles. The Morgan fingerprint density at radius 2 is 1.87 bits per heavy atom. The van der Waals surface area contributed by atoms with Crippen LogP contribution in [0.25, 0.3) is 0 Å². The summed E-state index contributed by atoms with van der Waals surface area (Å²) in [5.74, 6) is 0.338. The number of carbonyl (C=O) groups is 3. The van der Waals surface area contributed by atoms with E-state index in [1.807, 2.05) is 19.9 Å². The Morgan fingerprint density at radius 1 is 1.16 bits per heavy atom. The predicted octanol–water partition coefficient (Wildman–Crippen LogP) is 4.84. The number of allylic oxidation sites excluding steroid dienone is 1. The van der Waals surface area contributed by atoms with E-state index in [0.717, 1.165) is 45.2 Å². The highest BCUT2D eigenvalue weighted by Crippen LogP contribution is 2.69. The van der Waals surface area contributed by atoms with E-state index >= 15 is 0 Å². The molecule has 0 aromatic rings. The van der Waals surface area contributed by atoms with Gasteiger partial charge in [0, 0.05) is 42.9 Å². The molecule has 2 amide bonds. The van der Waals surface area contributed by atoms with Crippen LogP contribution in [-0.2, 0) is 19.1 Å². The zero-order valence-corrected chi connectivity index (χ0v) is 24.3. The van der Waals surface area contributed by atoms with Crippen LogP contribution in [0, 0.1) is 51.8 Å². The lowest BCUT2D eigenvalue weighted by atomic mass is 9.43. The van der Waals surface area contributed by atoms with E-state index in [1.165, 1.54) is 0 Å². The average Bonchev–Trinajstić information content (AvgIpc) is 3.63. The number of fused-ring (bicyclic) bond motifs is 2. The van der Waals surface area contributed by atoms with Crippen LogP contribution in [0.15, 0.2) is 12.7 Å². The number of nitrogens with zero attached hydrogens (tertiary/aromatic N) is 1. The van der Waals surface area contributed by atoms with Crippen LogP contribution in [0.5, 0.6) is 0 Å². The maximum atomic E-state index is 14.4. The number of methoxy groups -OCH3 is 1. The number of hydrogen-bond acceptors (Lipinski definition) is 6. The summed E-state index contributed by atoms with van der Waals surface area (Å²) in [6.45, 7) is 17.5. The number of Topliss-reactive ketones (excluding diaryl/α,β-unsaturated/α-hetero) is 1. The Bertz CT molecular complexity index is 999. The molecule has 2 aliphatic heterocycles. The summed E-state index contributed by atoms with van der Waals surface area (Å²) in [7, 11) is 1.77. The maximum Gasteiger partial charge on any atom is 0.414 e. The lowest BCUT2D eigenvalue weighted by molar-refractivity contribution is -0.194. The molecule has 7 nitrogen and oxygen atoms in total. The van der Waals surface area contributed by atoms with Crippen molar-refractivity contribution in [2.75, 3.05) is 26.7 Å². The van der Waals surface area contributed by atoms with Gasteiger partial charge in [0.05, 0.1) is 12.0 Å². The van der Waals surface area contributed by atoms with Crippen molar-refractivity contribution in [2.45, 2.75) is 85.4 Å². The van der Waals surface area contributed by atoms with Crippen LogP contribution < -0.4 is 5.32 Å². The van der Waals surface area contributed by atoms with E-state index in [4.69, 9.17) is 9.47 Å². The van der Waals surface area contributed by atoms with E-state index < -0.39 is 23.0 Å². The highest BCUT2D eigenvalue weighted by Gasteiger charge is 2.69. The van der Waals surface area contributed by atoms with Gasteiger partial charge in [0.1, 0.15) is 11.9 Å². The van der Waals surface area contributed by atoms with Crippen LogP contribution in [0.2, 0.25) is 0 Å². The minimum atomic E-state index is -0.727. The summed E-state index contributed by atoms with van der Waals surface area (Å²) in [5, 5.41) is 2.61. The first-order valence-electron chi connectivity index (χ1n) is 14.9. The molecule has 7 heteroatoms. The van der Waals surface area contributed by atoms with Crippen molar-refractivity contribution >= 4 is 17.8 Å². The number of piperidine rings is 1. The molecule has 3 aliphatic carbocycles. The van der Waals surface area contributed by atoms with Gasteiger partial charge in [-0.15, -0.1) is 6.58 Å². The summed E-state index contributed by atoms with van der Waals surface area (Å²) < 4.78 is 12.4. The number of ether oxygens (including phenoxy) is 2. The monoisotopic (exact) mass is 528 g/mol. The van der Waals surface area contributed by atoms with E-state index in [2.05, 4.69) is 37.6 Å². The van der Waals surface area contributed by atoms with Crippen molar-refractivity contribution in [3.05, 3.63) is 12.7 Å². The van der Waals surface area contributed by atoms with Gasteiger partial charge >= 0.3 is 6.09 Å². The maximum absolute atomic E-state index is 14.4. The molecular weight excluding hydrogens is 480 g/mol. The van der Waals surface area contributed by atoms with Crippen LogP contribution in [0.3, 0.4) is 0 Å². The molecule has 5 rings (SSSR count). The Hall–Kier alpha value is -1.73. The molecular formula is C31H48N2O5. The van der Waals surface area contributed by atoms with Crippen molar-refractivity contribution in [1.29, 1.82) is 0 Å². The van der Waals surface area contributed by atoms with Crippen LogP contribution >= 0.6 is 0 Å². The first kappa shape index (κ1) is 27.8. The molecule has 1 N–H and O–H groups in total. The van der Waals surface area contributed by atoms with E-state index in [-0.39, 0.29) is 52.8 Å². The largest absolute Gasteiger partial charge is 0.445 e. The molecule has 38 heavy (non-hydrogen) atoms. The van der Waals surface area contributed by atoms with Crippen LogP contribution in [0.1, 0.15) is 73.1 Å². The van der Waals surface area contributed by atoms with Crippen molar-refractivity contribution in [3.63, 3.8) is 0 Å². The third kappa shape index (κ3) is 3.93. The van der Waals surface area contributed by atoms with Gasteiger partial charge in [-0.05, 0) is 68.2 Å². The fourth-order valence-corrected chi connectivity index (χ4v) is 9.71. The smallest absolute Gasteiger partial charge is 0.414 e. The highest BCUT2D eigenvalue weighted by atomic mass is 16.6. The fourth-order valence-electron chi connectivity index (χ4n) is 9.71. The molecule has 0 spiro atoms. The second kappa shape index (κ2) is 9.72. The molecule has 3 saturated carbocycles. The van der Waals surface area contributed by atoms with Gasteiger partial charge in [0.15, 0.2) is 0 Å². The topological polar surface area (TPSA) is 84.9 Å². The Morgan fingerprint density at radius 3 is 2.47 bits per heavy atom. The number of nitrogens with one attached hydrogen (secondary N) is 1. The van der Waals surface area contributed by atoms with Gasteiger partial charge in [0.25, 0.3) is 0 Å². The zero-order chi connectivity index (χ0) is 27.6. The normalized spacial score (nSPS) is 48.5. The molecule has 4 unspecified atom stereocenters. The van der Waals surface area contributed by atoms with Crippen LogP contribution in [-0.4, -0.2) is 61.6 Å². The van der Waals surface area contributed by atoms with Gasteiger partial charge in [-0.3, -0.25) is 14.9 Å². The van der Waals surface area contributed by atoms with Crippen molar-refractivity contribution in [3.8, 4) is 0 Å². The predicted molar refractivity (Wildman–Crippen MR) is 145 cm³/mol. The number of imide groups is 1. The molecule has 0 radical (unpaired) electrons. The second-order valence-corrected chi connectivity index (χ2v) is 13.9. The summed E-state index contributed by atoms with van der Waals surface area (Å²) in [4.78, 5) is 43.2. The Kier molecular flexibility index (Phi) is 7.12. The standard InChI is InChI=1S/C31H48N2O5/c1-8-18(2)29(5)15-24(38-28(36)32-27(35)22-17-33-14-11-21(22)16-33)30(6)19(3)9-12-31(20(4)26(29)34)13-10-23(37-7)25(30)31/h8,18-25H,1,9-17H2,2-7H3,(H,32,35,36)/t18?,19-,20+,21-,22+,23-,24-,25?,29+,30+,31?/m1/s1. The first-order valence-corrected chi connectivity index (χ1v) is 14.9. The quantitative estimate of drug-likeness (QED) is 0.514. The number of alkyl carbamates (subject to hydrolysis) is 1. The summed E-state index contributed by atoms with van der Waals surface area (Å²) in [5.41, 5.74) is -1.31. The van der Waals surface area contributed by atoms with Gasteiger partial charge in [-0.25, -0.2) is 4.79 Å². The van der Waals surface area contributed by atoms with E-state index in [9.17, 15) is 14.4 Å².